The molecular formula is C12H16N4O. The summed E-state index contributed by atoms with van der Waals surface area (Å²) in [5.41, 5.74) is 3.09. The fourth-order valence-corrected chi connectivity index (χ4v) is 1.59. The first-order chi connectivity index (χ1) is 8.28. The van der Waals surface area contributed by atoms with Gasteiger partial charge in [0.05, 0.1) is 6.54 Å². The number of aliphatic hydroxyl groups excluding tert-OH is 1. The van der Waals surface area contributed by atoms with Crippen LogP contribution in [0.5, 0.6) is 0 Å². The van der Waals surface area contributed by atoms with E-state index in [1.54, 1.807) is 4.68 Å². The Kier molecular flexibility index (Phi) is 3.72. The molecule has 2 rings (SSSR count). The van der Waals surface area contributed by atoms with Crippen LogP contribution in [0.4, 0.5) is 5.69 Å². The Morgan fingerprint density at radius 2 is 2.06 bits per heavy atom. The first kappa shape index (κ1) is 11.6. The normalized spacial score (nSPS) is 10.5. The first-order valence-electron chi connectivity index (χ1n) is 5.57. The van der Waals surface area contributed by atoms with Crippen LogP contribution < -0.4 is 5.32 Å². The van der Waals surface area contributed by atoms with Gasteiger partial charge in [-0.25, -0.2) is 0 Å². The van der Waals surface area contributed by atoms with Crippen molar-refractivity contribution < 1.29 is 5.11 Å². The number of aliphatic hydroxyl groups is 1. The highest BCUT2D eigenvalue weighted by Gasteiger charge is 1.98. The van der Waals surface area contributed by atoms with Gasteiger partial charge in [-0.15, -0.1) is 5.10 Å². The van der Waals surface area contributed by atoms with Crippen molar-refractivity contribution in [3.05, 3.63) is 41.7 Å². The van der Waals surface area contributed by atoms with Crippen LogP contribution in [0.1, 0.15) is 11.3 Å². The van der Waals surface area contributed by atoms with Crippen molar-refractivity contribution in [3.63, 3.8) is 0 Å². The van der Waals surface area contributed by atoms with E-state index in [2.05, 4.69) is 15.6 Å². The van der Waals surface area contributed by atoms with Gasteiger partial charge in [-0.2, -0.15) is 0 Å². The lowest BCUT2D eigenvalue weighted by Gasteiger charge is -2.05. The zero-order valence-corrected chi connectivity index (χ0v) is 9.80. The van der Waals surface area contributed by atoms with Crippen LogP contribution in [0, 0.1) is 0 Å². The lowest BCUT2D eigenvalue weighted by atomic mass is 10.1. The molecule has 0 saturated carbocycles. The molecule has 17 heavy (non-hydrogen) atoms. The van der Waals surface area contributed by atoms with Crippen molar-refractivity contribution in [2.75, 3.05) is 11.9 Å². The SMILES string of the molecule is Cn1cc(CNc2ccc(CCO)cc2)nn1. The van der Waals surface area contributed by atoms with E-state index >= 15 is 0 Å². The highest BCUT2D eigenvalue weighted by molar-refractivity contribution is 5.44. The van der Waals surface area contributed by atoms with Gasteiger partial charge >= 0.3 is 0 Å². The quantitative estimate of drug-likeness (QED) is 0.806. The van der Waals surface area contributed by atoms with E-state index in [-0.39, 0.29) is 6.61 Å². The van der Waals surface area contributed by atoms with Crippen LogP contribution >= 0.6 is 0 Å². The molecule has 90 valence electrons. The Labute approximate surface area is 100 Å². The van der Waals surface area contributed by atoms with Crippen molar-refractivity contribution in [1.29, 1.82) is 0 Å². The minimum absolute atomic E-state index is 0.187. The minimum Gasteiger partial charge on any atom is -0.396 e. The molecule has 1 aromatic heterocycles. The predicted molar refractivity (Wildman–Crippen MR) is 65.6 cm³/mol. The van der Waals surface area contributed by atoms with Crippen LogP contribution in [0.15, 0.2) is 30.5 Å². The predicted octanol–water partition coefficient (Wildman–Crippen LogP) is 0.962. The van der Waals surface area contributed by atoms with Crippen LogP contribution in [-0.2, 0) is 20.0 Å². The molecule has 1 aromatic carbocycles. The maximum Gasteiger partial charge on any atom is 0.102 e. The summed E-state index contributed by atoms with van der Waals surface area (Å²) in [5.74, 6) is 0. The monoisotopic (exact) mass is 232 g/mol. The summed E-state index contributed by atoms with van der Waals surface area (Å²) in [6, 6.07) is 8.02. The molecule has 0 saturated heterocycles. The average molecular weight is 232 g/mol. The maximum atomic E-state index is 8.81. The first-order valence-corrected chi connectivity index (χ1v) is 5.57. The molecule has 2 aromatic rings. The van der Waals surface area contributed by atoms with E-state index in [9.17, 15) is 0 Å². The molecule has 1 heterocycles. The third-order valence-corrected chi connectivity index (χ3v) is 2.48. The van der Waals surface area contributed by atoms with Crippen LogP contribution in [0.25, 0.3) is 0 Å². The molecule has 0 aliphatic rings. The zero-order chi connectivity index (χ0) is 12.1. The Morgan fingerprint density at radius 3 is 2.65 bits per heavy atom. The molecule has 0 aliphatic carbocycles. The average Bonchev–Trinajstić information content (AvgIpc) is 2.75. The summed E-state index contributed by atoms with van der Waals surface area (Å²) >= 11 is 0. The number of hydrogen-bond acceptors (Lipinski definition) is 4. The molecule has 0 unspecified atom stereocenters. The Hall–Kier alpha value is -1.88. The molecule has 0 radical (unpaired) electrons. The van der Waals surface area contributed by atoms with Gasteiger partial charge in [0.2, 0.25) is 0 Å². The van der Waals surface area contributed by atoms with Crippen LogP contribution in [0.3, 0.4) is 0 Å². The van der Waals surface area contributed by atoms with Crippen LogP contribution in [-0.4, -0.2) is 26.7 Å². The second-order valence-corrected chi connectivity index (χ2v) is 3.91. The highest BCUT2D eigenvalue weighted by Crippen LogP contribution is 2.10. The van der Waals surface area contributed by atoms with Gasteiger partial charge in [-0.3, -0.25) is 4.68 Å². The van der Waals surface area contributed by atoms with Gasteiger partial charge in [0.15, 0.2) is 0 Å². The molecule has 5 nitrogen and oxygen atoms in total. The van der Waals surface area contributed by atoms with E-state index in [4.69, 9.17) is 5.11 Å². The molecule has 2 N–H and O–H groups in total. The largest absolute Gasteiger partial charge is 0.396 e. The maximum absolute atomic E-state index is 8.81. The Balaban J connectivity index is 1.90. The van der Waals surface area contributed by atoms with E-state index in [1.807, 2.05) is 37.5 Å². The van der Waals surface area contributed by atoms with E-state index in [1.165, 1.54) is 0 Å². The fraction of sp³-hybridized carbons (Fsp3) is 0.333. The lowest BCUT2D eigenvalue weighted by Crippen LogP contribution is -2.00. The number of nitrogens with zero attached hydrogens (tertiary/aromatic N) is 3. The topological polar surface area (TPSA) is 63.0 Å². The fourth-order valence-electron chi connectivity index (χ4n) is 1.59. The van der Waals surface area contributed by atoms with Gasteiger partial charge in [0.1, 0.15) is 5.69 Å². The van der Waals surface area contributed by atoms with Gasteiger partial charge in [0, 0.05) is 25.5 Å². The molecule has 5 heteroatoms. The molecule has 0 spiro atoms. The van der Waals surface area contributed by atoms with E-state index in [0.717, 1.165) is 16.9 Å². The number of benzene rings is 1. The molecule has 0 bridgehead atoms. The second kappa shape index (κ2) is 5.45. The molecule has 0 fully saturated rings. The van der Waals surface area contributed by atoms with Gasteiger partial charge in [0.25, 0.3) is 0 Å². The smallest absolute Gasteiger partial charge is 0.102 e. The number of nitrogens with one attached hydrogen (secondary N) is 1. The van der Waals surface area contributed by atoms with E-state index < -0.39 is 0 Å². The molecule has 0 aliphatic heterocycles. The number of hydrogen-bond donors (Lipinski definition) is 2. The number of aryl methyl sites for hydroxylation is 1. The summed E-state index contributed by atoms with van der Waals surface area (Å²) in [5, 5.41) is 19.9. The second-order valence-electron chi connectivity index (χ2n) is 3.91. The van der Waals surface area contributed by atoms with Gasteiger partial charge in [-0.05, 0) is 24.1 Å². The molecular weight excluding hydrogens is 216 g/mol. The standard InChI is InChI=1S/C12H16N4O/c1-16-9-12(14-15-16)8-13-11-4-2-10(3-5-11)6-7-17/h2-5,9,13,17H,6-8H2,1H3. The van der Waals surface area contributed by atoms with Crippen molar-refractivity contribution in [1.82, 2.24) is 15.0 Å². The summed E-state index contributed by atoms with van der Waals surface area (Å²) in [7, 11) is 1.85. The van der Waals surface area contributed by atoms with Crippen molar-refractivity contribution in [2.24, 2.45) is 7.05 Å². The van der Waals surface area contributed by atoms with Gasteiger partial charge < -0.3 is 10.4 Å². The van der Waals surface area contributed by atoms with Crippen molar-refractivity contribution in [3.8, 4) is 0 Å². The summed E-state index contributed by atoms with van der Waals surface area (Å²) in [6.45, 7) is 0.847. The zero-order valence-electron chi connectivity index (χ0n) is 9.80. The number of aromatic nitrogens is 3. The van der Waals surface area contributed by atoms with Crippen molar-refractivity contribution in [2.45, 2.75) is 13.0 Å². The summed E-state index contributed by atoms with van der Waals surface area (Å²) in [6.07, 6.45) is 2.58. The Bertz CT molecular complexity index is 464. The summed E-state index contributed by atoms with van der Waals surface area (Å²) < 4.78 is 1.68. The molecule has 0 amide bonds. The molecule has 0 atom stereocenters. The third kappa shape index (κ3) is 3.29. The number of anilines is 1. The van der Waals surface area contributed by atoms with Crippen molar-refractivity contribution >= 4 is 5.69 Å². The lowest BCUT2D eigenvalue weighted by molar-refractivity contribution is 0.299. The van der Waals surface area contributed by atoms with Gasteiger partial charge in [-0.1, -0.05) is 17.3 Å². The van der Waals surface area contributed by atoms with E-state index in [0.29, 0.717) is 13.0 Å². The third-order valence-electron chi connectivity index (χ3n) is 2.48. The minimum atomic E-state index is 0.187. The van der Waals surface area contributed by atoms with Crippen LogP contribution in [0.2, 0.25) is 0 Å². The Morgan fingerprint density at radius 1 is 1.29 bits per heavy atom. The number of rotatable bonds is 5. The highest BCUT2D eigenvalue weighted by atomic mass is 16.2. The summed E-state index contributed by atoms with van der Waals surface area (Å²) in [4.78, 5) is 0.